The largest absolute Gasteiger partial charge is 0.497 e. The zero-order chi connectivity index (χ0) is 25.2. The second-order valence-electron chi connectivity index (χ2n) is 11.1. The average Bonchev–Trinajstić information content (AvgIpc) is 3.59. The Morgan fingerprint density at radius 1 is 1.14 bits per heavy atom. The number of hydrogen-bond acceptors (Lipinski definition) is 5. The first kappa shape index (κ1) is 23.5. The minimum atomic E-state index is -0.570. The van der Waals surface area contributed by atoms with Crippen LogP contribution in [0.5, 0.6) is 0 Å². The molecule has 36 heavy (non-hydrogen) atoms. The lowest BCUT2D eigenvalue weighted by molar-refractivity contribution is 0.00578. The van der Waals surface area contributed by atoms with E-state index in [2.05, 4.69) is 62.2 Å². The summed E-state index contributed by atoms with van der Waals surface area (Å²) in [7, 11) is -0.570. The van der Waals surface area contributed by atoms with E-state index in [-0.39, 0.29) is 5.91 Å². The predicted octanol–water partition coefficient (Wildman–Crippen LogP) is 3.22. The van der Waals surface area contributed by atoms with Crippen molar-refractivity contribution in [1.82, 2.24) is 25.0 Å². The molecule has 0 aliphatic carbocycles. The molecule has 6 rings (SSSR count). The van der Waals surface area contributed by atoms with Gasteiger partial charge in [-0.1, -0.05) is 6.08 Å². The smallest absolute Gasteiger partial charge is 0.399 e. The third-order valence-electron chi connectivity index (χ3n) is 8.21. The van der Waals surface area contributed by atoms with Crippen LogP contribution in [-0.2, 0) is 28.9 Å². The molecule has 0 atom stereocenters. The van der Waals surface area contributed by atoms with Crippen LogP contribution in [0.2, 0.25) is 0 Å². The topological polar surface area (TPSA) is 84.4 Å². The Kier molecular flexibility index (Phi) is 5.44. The maximum Gasteiger partial charge on any atom is 0.497 e. The number of carbonyl (C=O) groups is 1. The Balaban J connectivity index is 1.41. The number of carbonyl (C=O) groups excluding carboxylic acids is 1. The van der Waals surface area contributed by atoms with Crippen LogP contribution < -0.4 is 10.8 Å². The monoisotopic (exact) mass is 487 g/mol. The van der Waals surface area contributed by atoms with Crippen LogP contribution >= 0.6 is 0 Å². The Morgan fingerprint density at radius 2 is 1.92 bits per heavy atom. The van der Waals surface area contributed by atoms with Crippen LogP contribution in [0.1, 0.15) is 68.3 Å². The van der Waals surface area contributed by atoms with Gasteiger partial charge in [-0.25, -0.2) is 0 Å². The number of H-pyrrole nitrogens is 1. The maximum absolute atomic E-state index is 13.8. The van der Waals surface area contributed by atoms with Gasteiger partial charge in [0.15, 0.2) is 0 Å². The molecule has 2 aromatic heterocycles. The number of fused-ring (bicyclic) bond motifs is 2. The minimum Gasteiger partial charge on any atom is -0.399 e. The first-order valence-electron chi connectivity index (χ1n) is 12.9. The van der Waals surface area contributed by atoms with Crippen molar-refractivity contribution in [3.8, 4) is 0 Å². The quantitative estimate of drug-likeness (QED) is 0.553. The van der Waals surface area contributed by atoms with E-state index in [0.29, 0.717) is 18.7 Å². The number of benzene rings is 1. The predicted molar refractivity (Wildman–Crippen MR) is 141 cm³/mol. The lowest BCUT2D eigenvalue weighted by atomic mass is 9.77. The number of rotatable bonds is 4. The van der Waals surface area contributed by atoms with E-state index < -0.39 is 18.3 Å². The molecule has 0 radical (unpaired) electrons. The van der Waals surface area contributed by atoms with E-state index in [4.69, 9.17) is 9.31 Å². The van der Waals surface area contributed by atoms with E-state index in [1.165, 1.54) is 5.57 Å². The number of nitrogens with one attached hydrogen (secondary N) is 2. The van der Waals surface area contributed by atoms with Crippen molar-refractivity contribution in [3.63, 3.8) is 0 Å². The van der Waals surface area contributed by atoms with Gasteiger partial charge < -0.3 is 24.5 Å². The molecule has 3 aliphatic heterocycles. The number of amides is 1. The zero-order valence-corrected chi connectivity index (χ0v) is 21.8. The van der Waals surface area contributed by atoms with Crippen molar-refractivity contribution in [2.75, 3.05) is 13.1 Å². The van der Waals surface area contributed by atoms with Crippen molar-refractivity contribution >= 4 is 35.0 Å². The summed E-state index contributed by atoms with van der Waals surface area (Å²) in [5, 5.41) is 8.87. The van der Waals surface area contributed by atoms with Crippen LogP contribution in [0.3, 0.4) is 0 Å². The van der Waals surface area contributed by atoms with Crippen LogP contribution in [0.15, 0.2) is 30.5 Å². The highest BCUT2D eigenvalue weighted by molar-refractivity contribution is 6.65. The molecule has 0 spiro atoms. The van der Waals surface area contributed by atoms with Gasteiger partial charge in [0.25, 0.3) is 5.91 Å². The highest BCUT2D eigenvalue weighted by Gasteiger charge is 2.52. The fourth-order valence-electron chi connectivity index (χ4n) is 5.38. The Hall–Kier alpha value is -2.88. The first-order valence-corrected chi connectivity index (χ1v) is 12.9. The molecule has 1 fully saturated rings. The van der Waals surface area contributed by atoms with Gasteiger partial charge in [0, 0.05) is 52.8 Å². The van der Waals surface area contributed by atoms with Gasteiger partial charge in [0.1, 0.15) is 0 Å². The third-order valence-corrected chi connectivity index (χ3v) is 8.21. The summed E-state index contributed by atoms with van der Waals surface area (Å²) in [4.78, 5) is 19.3. The Bertz CT molecular complexity index is 1370. The van der Waals surface area contributed by atoms with Crippen molar-refractivity contribution in [1.29, 1.82) is 0 Å². The fourth-order valence-corrected chi connectivity index (χ4v) is 5.38. The molecule has 2 N–H and O–H groups in total. The molecule has 1 amide bonds. The molecule has 0 bridgehead atoms. The molecule has 188 valence electrons. The van der Waals surface area contributed by atoms with Crippen LogP contribution in [0.4, 0.5) is 0 Å². The number of aromatic nitrogens is 3. The third kappa shape index (κ3) is 3.72. The normalized spacial score (nSPS) is 20.8. The summed E-state index contributed by atoms with van der Waals surface area (Å²) in [5.74, 6) is 0.00909. The Morgan fingerprint density at radius 3 is 2.61 bits per heavy atom. The second kappa shape index (κ2) is 8.33. The number of aryl methyl sites for hydroxylation is 1. The van der Waals surface area contributed by atoms with Gasteiger partial charge in [0.05, 0.1) is 29.6 Å². The standard InChI is InChI=1S/C27H34BN5O3/c1-6-33-23-16-32(15-20(23)14-30-33)25(34)19-10-18-12-22(17-8-7-9-29-13-17)31-24(18)21(11-19)28-35-26(2,3)27(4,5)36-28/h8,10-12,14,29,31H,6-7,9,13,15-16H2,1-5H3. The molecule has 3 aromatic rings. The van der Waals surface area contributed by atoms with Gasteiger partial charge in [-0.15, -0.1) is 0 Å². The molecular formula is C27H34BN5O3. The molecule has 1 saturated heterocycles. The van der Waals surface area contributed by atoms with Gasteiger partial charge in [-0.3, -0.25) is 9.48 Å². The van der Waals surface area contributed by atoms with Gasteiger partial charge in [-0.2, -0.15) is 5.10 Å². The summed E-state index contributed by atoms with van der Waals surface area (Å²) < 4.78 is 14.9. The molecule has 1 aromatic carbocycles. The molecule has 0 unspecified atom stereocenters. The number of hydrogen-bond donors (Lipinski definition) is 2. The molecule has 5 heterocycles. The SMILES string of the molecule is CCn1ncc2c1CN(C(=O)c1cc(B3OC(C)(C)C(C)(C)O3)c3[nH]c(C4=CCCNC4)cc3c1)C2. The lowest BCUT2D eigenvalue weighted by Gasteiger charge is -2.32. The van der Waals surface area contributed by atoms with Crippen LogP contribution in [0, 0.1) is 0 Å². The van der Waals surface area contributed by atoms with Gasteiger partial charge in [-0.05, 0) is 71.4 Å². The fraction of sp³-hybridized carbons (Fsp3) is 0.481. The molecule has 8 nitrogen and oxygen atoms in total. The van der Waals surface area contributed by atoms with Crippen molar-refractivity contribution < 1.29 is 14.1 Å². The number of aromatic amines is 1. The van der Waals surface area contributed by atoms with E-state index >= 15 is 0 Å². The van der Waals surface area contributed by atoms with E-state index in [1.807, 2.05) is 27.9 Å². The maximum atomic E-state index is 13.8. The van der Waals surface area contributed by atoms with E-state index in [0.717, 1.165) is 59.4 Å². The average molecular weight is 487 g/mol. The molecular weight excluding hydrogens is 453 g/mol. The highest BCUT2D eigenvalue weighted by Crippen LogP contribution is 2.37. The summed E-state index contributed by atoms with van der Waals surface area (Å²) >= 11 is 0. The number of nitrogens with zero attached hydrogens (tertiary/aromatic N) is 3. The lowest BCUT2D eigenvalue weighted by Crippen LogP contribution is -2.41. The highest BCUT2D eigenvalue weighted by atomic mass is 16.7. The van der Waals surface area contributed by atoms with Crippen molar-refractivity contribution in [3.05, 3.63) is 53.0 Å². The second-order valence-corrected chi connectivity index (χ2v) is 11.1. The summed E-state index contributed by atoms with van der Waals surface area (Å²) in [6.07, 6.45) is 5.17. The molecule has 3 aliphatic rings. The molecule has 0 saturated carbocycles. The van der Waals surface area contributed by atoms with E-state index in [9.17, 15) is 4.79 Å². The molecule has 9 heteroatoms. The van der Waals surface area contributed by atoms with Crippen LogP contribution in [-0.4, -0.2) is 57.0 Å². The van der Waals surface area contributed by atoms with Crippen molar-refractivity contribution in [2.24, 2.45) is 0 Å². The summed E-state index contributed by atoms with van der Waals surface area (Å²) in [6.45, 7) is 14.0. The van der Waals surface area contributed by atoms with E-state index in [1.54, 1.807) is 0 Å². The van der Waals surface area contributed by atoms with Gasteiger partial charge >= 0.3 is 7.12 Å². The Labute approximate surface area is 212 Å². The minimum absolute atomic E-state index is 0.00909. The summed E-state index contributed by atoms with van der Waals surface area (Å²) in [5.41, 5.74) is 6.07. The summed E-state index contributed by atoms with van der Waals surface area (Å²) in [6, 6.07) is 6.10. The van der Waals surface area contributed by atoms with Crippen LogP contribution in [0.25, 0.3) is 16.5 Å². The van der Waals surface area contributed by atoms with Crippen molar-refractivity contribution in [2.45, 2.75) is 71.9 Å². The zero-order valence-electron chi connectivity index (χ0n) is 21.8. The first-order chi connectivity index (χ1) is 17.2. The van der Waals surface area contributed by atoms with Gasteiger partial charge in [0.2, 0.25) is 0 Å².